The van der Waals surface area contributed by atoms with Crippen molar-refractivity contribution < 1.29 is 0 Å². The Hall–Kier alpha value is -2.10. The summed E-state index contributed by atoms with van der Waals surface area (Å²) in [6.07, 6.45) is 0. The molecule has 0 aliphatic heterocycles. The quantitative estimate of drug-likeness (QED) is 0.852. The minimum absolute atomic E-state index is 0.577. The molecular formula is C18H26N4. The Labute approximate surface area is 133 Å². The van der Waals surface area contributed by atoms with Crippen LogP contribution in [0.5, 0.6) is 0 Å². The molecule has 0 saturated carbocycles. The first-order valence-electron chi connectivity index (χ1n) is 7.79. The minimum atomic E-state index is 0.577. The van der Waals surface area contributed by atoms with Crippen LogP contribution in [-0.2, 0) is 0 Å². The number of hydrogen-bond acceptors (Lipinski definition) is 4. The molecule has 1 aromatic carbocycles. The van der Waals surface area contributed by atoms with E-state index in [0.717, 1.165) is 29.7 Å². The van der Waals surface area contributed by atoms with Gasteiger partial charge in [-0.15, -0.1) is 0 Å². The normalized spacial score (nSPS) is 10.9. The molecule has 0 radical (unpaired) electrons. The van der Waals surface area contributed by atoms with E-state index in [9.17, 15) is 0 Å². The lowest BCUT2D eigenvalue weighted by atomic mass is 10.1. The van der Waals surface area contributed by atoms with E-state index in [1.165, 1.54) is 16.7 Å². The first-order valence-corrected chi connectivity index (χ1v) is 7.79. The van der Waals surface area contributed by atoms with E-state index in [0.29, 0.717) is 5.92 Å². The molecular weight excluding hydrogens is 272 g/mol. The molecule has 0 aliphatic rings. The van der Waals surface area contributed by atoms with Gasteiger partial charge in [0.1, 0.15) is 17.5 Å². The summed E-state index contributed by atoms with van der Waals surface area (Å²) in [5.74, 6) is 3.03. The van der Waals surface area contributed by atoms with Crippen LogP contribution in [0.3, 0.4) is 0 Å². The molecule has 2 N–H and O–H groups in total. The average Bonchev–Trinajstić information content (AvgIpc) is 2.40. The van der Waals surface area contributed by atoms with Gasteiger partial charge in [0.2, 0.25) is 0 Å². The van der Waals surface area contributed by atoms with Crippen molar-refractivity contribution in [2.45, 2.75) is 41.5 Å². The van der Waals surface area contributed by atoms with Crippen LogP contribution in [0.25, 0.3) is 0 Å². The van der Waals surface area contributed by atoms with Gasteiger partial charge in [0.25, 0.3) is 0 Å². The molecule has 22 heavy (non-hydrogen) atoms. The van der Waals surface area contributed by atoms with Crippen molar-refractivity contribution in [3.8, 4) is 0 Å². The van der Waals surface area contributed by atoms with Crippen molar-refractivity contribution in [3.05, 3.63) is 40.7 Å². The highest BCUT2D eigenvalue weighted by atomic mass is 15.1. The molecule has 0 atom stereocenters. The van der Waals surface area contributed by atoms with Crippen LogP contribution in [0.2, 0.25) is 0 Å². The van der Waals surface area contributed by atoms with Crippen molar-refractivity contribution in [3.63, 3.8) is 0 Å². The molecule has 0 aliphatic carbocycles. The zero-order valence-electron chi connectivity index (χ0n) is 14.4. The van der Waals surface area contributed by atoms with Gasteiger partial charge in [-0.3, -0.25) is 0 Å². The van der Waals surface area contributed by atoms with E-state index >= 15 is 0 Å². The number of rotatable bonds is 5. The highest BCUT2D eigenvalue weighted by Crippen LogP contribution is 2.26. The number of aryl methyl sites for hydroxylation is 4. The van der Waals surface area contributed by atoms with Gasteiger partial charge in [0, 0.05) is 18.3 Å². The second kappa shape index (κ2) is 6.77. The fraction of sp³-hybridized carbons (Fsp3) is 0.444. The third-order valence-corrected chi connectivity index (χ3v) is 3.46. The molecule has 4 heteroatoms. The number of nitrogens with one attached hydrogen (secondary N) is 2. The van der Waals surface area contributed by atoms with Gasteiger partial charge in [-0.1, -0.05) is 31.5 Å². The van der Waals surface area contributed by atoms with Crippen molar-refractivity contribution in [2.75, 3.05) is 17.2 Å². The topological polar surface area (TPSA) is 49.8 Å². The van der Waals surface area contributed by atoms with E-state index in [2.05, 4.69) is 67.4 Å². The van der Waals surface area contributed by atoms with Crippen LogP contribution in [-0.4, -0.2) is 16.5 Å². The summed E-state index contributed by atoms with van der Waals surface area (Å²) in [5, 5.41) is 6.80. The lowest BCUT2D eigenvalue weighted by Crippen LogP contribution is -2.11. The van der Waals surface area contributed by atoms with E-state index in [4.69, 9.17) is 0 Å². The summed E-state index contributed by atoms with van der Waals surface area (Å²) in [6.45, 7) is 13.5. The van der Waals surface area contributed by atoms with E-state index in [1.807, 2.05) is 13.0 Å². The monoisotopic (exact) mass is 298 g/mol. The predicted molar refractivity (Wildman–Crippen MR) is 94.0 cm³/mol. The van der Waals surface area contributed by atoms with E-state index in [1.54, 1.807) is 0 Å². The fourth-order valence-corrected chi connectivity index (χ4v) is 2.54. The predicted octanol–water partition coefficient (Wildman–Crippen LogP) is 4.52. The summed E-state index contributed by atoms with van der Waals surface area (Å²) in [7, 11) is 0. The maximum absolute atomic E-state index is 4.50. The summed E-state index contributed by atoms with van der Waals surface area (Å²) >= 11 is 0. The SMILES string of the molecule is Cc1cc(C)c(Nc2cc(NCC(C)C)nc(C)n2)c(C)c1. The standard InChI is InChI=1S/C18H26N4/c1-11(2)10-19-16-9-17(21-15(6)20-16)22-18-13(4)7-12(3)8-14(18)5/h7-9,11H,10H2,1-6H3,(H2,19,20,21,22). The number of anilines is 3. The molecule has 1 heterocycles. The van der Waals surface area contributed by atoms with Crippen molar-refractivity contribution in [1.82, 2.24) is 9.97 Å². The van der Waals surface area contributed by atoms with Gasteiger partial charge in [-0.2, -0.15) is 0 Å². The smallest absolute Gasteiger partial charge is 0.136 e. The molecule has 0 saturated heterocycles. The molecule has 118 valence electrons. The minimum Gasteiger partial charge on any atom is -0.370 e. The van der Waals surface area contributed by atoms with Gasteiger partial charge in [-0.05, 0) is 44.7 Å². The Morgan fingerprint density at radius 1 is 0.909 bits per heavy atom. The van der Waals surface area contributed by atoms with Crippen molar-refractivity contribution in [1.29, 1.82) is 0 Å². The Balaban J connectivity index is 2.26. The zero-order chi connectivity index (χ0) is 16.3. The van der Waals surface area contributed by atoms with Crippen LogP contribution in [0, 0.1) is 33.6 Å². The summed E-state index contributed by atoms with van der Waals surface area (Å²) in [4.78, 5) is 8.94. The second-order valence-corrected chi connectivity index (χ2v) is 6.36. The average molecular weight is 298 g/mol. The van der Waals surface area contributed by atoms with Gasteiger partial charge < -0.3 is 10.6 Å². The summed E-state index contributed by atoms with van der Waals surface area (Å²) in [5.41, 5.74) is 4.85. The molecule has 2 aromatic rings. The largest absolute Gasteiger partial charge is 0.370 e. The third-order valence-electron chi connectivity index (χ3n) is 3.46. The van der Waals surface area contributed by atoms with Crippen molar-refractivity contribution in [2.24, 2.45) is 5.92 Å². The first kappa shape index (κ1) is 16.3. The molecule has 4 nitrogen and oxygen atoms in total. The maximum Gasteiger partial charge on any atom is 0.136 e. The number of nitrogens with zero attached hydrogens (tertiary/aromatic N) is 2. The maximum atomic E-state index is 4.50. The van der Waals surface area contributed by atoms with Crippen LogP contribution in [0.4, 0.5) is 17.3 Å². The van der Waals surface area contributed by atoms with Gasteiger partial charge in [0.15, 0.2) is 0 Å². The van der Waals surface area contributed by atoms with Crippen LogP contribution < -0.4 is 10.6 Å². The zero-order valence-corrected chi connectivity index (χ0v) is 14.4. The van der Waals surface area contributed by atoms with E-state index < -0.39 is 0 Å². The van der Waals surface area contributed by atoms with Gasteiger partial charge >= 0.3 is 0 Å². The molecule has 0 fully saturated rings. The second-order valence-electron chi connectivity index (χ2n) is 6.36. The lowest BCUT2D eigenvalue weighted by Gasteiger charge is -2.15. The summed E-state index contributed by atoms with van der Waals surface area (Å²) < 4.78 is 0. The molecule has 0 amide bonds. The third kappa shape index (κ3) is 4.20. The molecule has 2 rings (SSSR count). The van der Waals surface area contributed by atoms with Gasteiger partial charge in [0.05, 0.1) is 0 Å². The Morgan fingerprint density at radius 2 is 1.50 bits per heavy atom. The first-order chi connectivity index (χ1) is 10.3. The number of hydrogen-bond donors (Lipinski definition) is 2. The molecule has 1 aromatic heterocycles. The van der Waals surface area contributed by atoms with E-state index in [-0.39, 0.29) is 0 Å². The Kier molecular flexibility index (Phi) is 5.01. The van der Waals surface area contributed by atoms with Gasteiger partial charge in [-0.25, -0.2) is 9.97 Å². The number of aromatic nitrogens is 2. The Morgan fingerprint density at radius 3 is 2.09 bits per heavy atom. The number of benzene rings is 1. The Bertz CT molecular complexity index is 639. The van der Waals surface area contributed by atoms with Crippen LogP contribution in [0.1, 0.15) is 36.4 Å². The van der Waals surface area contributed by atoms with Crippen LogP contribution in [0.15, 0.2) is 18.2 Å². The highest BCUT2D eigenvalue weighted by Gasteiger charge is 2.07. The molecule has 0 bridgehead atoms. The molecule has 0 unspecified atom stereocenters. The van der Waals surface area contributed by atoms with Crippen LogP contribution >= 0.6 is 0 Å². The lowest BCUT2D eigenvalue weighted by molar-refractivity contribution is 0.686. The summed E-state index contributed by atoms with van der Waals surface area (Å²) in [6, 6.07) is 6.33. The molecule has 0 spiro atoms. The van der Waals surface area contributed by atoms with Crippen molar-refractivity contribution >= 4 is 17.3 Å². The highest BCUT2D eigenvalue weighted by molar-refractivity contribution is 5.66. The fourth-order valence-electron chi connectivity index (χ4n) is 2.54.